The van der Waals surface area contributed by atoms with Crippen molar-refractivity contribution in [2.24, 2.45) is 23.7 Å². The monoisotopic (exact) mass is 330 g/mol. The normalized spacial score (nSPS) is 17.8. The van der Waals surface area contributed by atoms with Gasteiger partial charge < -0.3 is 5.11 Å². The third-order valence-corrected chi connectivity index (χ3v) is 4.76. The molecule has 1 heteroatoms. The summed E-state index contributed by atoms with van der Waals surface area (Å²) in [7, 11) is 0. The zero-order valence-electron chi connectivity index (χ0n) is 16.8. The molecule has 0 rings (SSSR count). The lowest BCUT2D eigenvalue weighted by atomic mass is 9.78. The molecule has 0 bridgehead atoms. The highest BCUT2D eigenvalue weighted by Gasteiger charge is 2.25. The second-order valence-electron chi connectivity index (χ2n) is 7.33. The largest absolute Gasteiger partial charge is 0.388 e. The molecule has 0 saturated carbocycles. The first-order chi connectivity index (χ1) is 11.3. The van der Waals surface area contributed by atoms with E-state index < -0.39 is 0 Å². The van der Waals surface area contributed by atoms with Crippen LogP contribution >= 0.6 is 0 Å². The van der Waals surface area contributed by atoms with E-state index in [1.54, 1.807) is 0 Å². The van der Waals surface area contributed by atoms with Crippen molar-refractivity contribution in [3.63, 3.8) is 0 Å². The van der Waals surface area contributed by atoms with Gasteiger partial charge in [-0.05, 0) is 30.3 Å². The Balaban J connectivity index is 4.48. The van der Waals surface area contributed by atoms with Crippen molar-refractivity contribution >= 4 is 0 Å². The molecule has 0 fully saturated rings. The quantitative estimate of drug-likeness (QED) is 0.396. The van der Waals surface area contributed by atoms with E-state index in [9.17, 15) is 5.11 Å². The van der Waals surface area contributed by atoms with Gasteiger partial charge in [0, 0.05) is 12.3 Å². The summed E-state index contributed by atoms with van der Waals surface area (Å²) in [6.07, 6.45) is 12.9. The second-order valence-corrected chi connectivity index (χ2v) is 7.33. The molecule has 24 heavy (non-hydrogen) atoms. The van der Waals surface area contributed by atoms with Gasteiger partial charge in [0.25, 0.3) is 0 Å². The molecule has 0 radical (unpaired) electrons. The molecule has 0 aliphatic carbocycles. The van der Waals surface area contributed by atoms with Crippen molar-refractivity contribution in [3.8, 4) is 11.8 Å². The van der Waals surface area contributed by atoms with Crippen molar-refractivity contribution in [3.05, 3.63) is 36.0 Å². The summed E-state index contributed by atoms with van der Waals surface area (Å²) >= 11 is 0. The van der Waals surface area contributed by atoms with E-state index >= 15 is 0 Å². The van der Waals surface area contributed by atoms with E-state index in [2.05, 4.69) is 59.5 Å². The van der Waals surface area contributed by atoms with Gasteiger partial charge in [0.1, 0.15) is 0 Å². The summed E-state index contributed by atoms with van der Waals surface area (Å²) in [5.74, 6) is 8.15. The Morgan fingerprint density at radius 1 is 1.00 bits per heavy atom. The number of allylic oxidation sites excluding steroid dienone is 5. The van der Waals surface area contributed by atoms with Gasteiger partial charge in [-0.2, -0.15) is 0 Å². The highest BCUT2D eigenvalue weighted by atomic mass is 16.3. The molecular formula is C23H38O. The van der Waals surface area contributed by atoms with Crippen LogP contribution in [0.15, 0.2) is 36.0 Å². The summed E-state index contributed by atoms with van der Waals surface area (Å²) < 4.78 is 0. The van der Waals surface area contributed by atoms with Crippen molar-refractivity contribution in [1.29, 1.82) is 0 Å². The first-order valence-electron chi connectivity index (χ1n) is 9.47. The molecule has 0 aliphatic heterocycles. The first kappa shape index (κ1) is 22.7. The maximum atomic E-state index is 10.6. The topological polar surface area (TPSA) is 20.2 Å². The third kappa shape index (κ3) is 9.78. The maximum Gasteiger partial charge on any atom is 0.0778 e. The molecule has 0 aliphatic rings. The molecule has 4 unspecified atom stereocenters. The fraction of sp³-hybridized carbons (Fsp3) is 0.652. The lowest BCUT2D eigenvalue weighted by Crippen LogP contribution is -2.28. The van der Waals surface area contributed by atoms with E-state index in [0.29, 0.717) is 17.8 Å². The van der Waals surface area contributed by atoms with Gasteiger partial charge in [-0.3, -0.25) is 0 Å². The Morgan fingerprint density at radius 2 is 1.67 bits per heavy atom. The highest BCUT2D eigenvalue weighted by molar-refractivity contribution is 5.19. The van der Waals surface area contributed by atoms with Crippen molar-refractivity contribution in [2.75, 3.05) is 0 Å². The summed E-state index contributed by atoms with van der Waals surface area (Å²) in [4.78, 5) is 0. The molecule has 0 spiro atoms. The Hall–Kier alpha value is -1.26. The van der Waals surface area contributed by atoms with E-state index in [4.69, 9.17) is 0 Å². The molecule has 0 aromatic carbocycles. The van der Waals surface area contributed by atoms with Gasteiger partial charge in [0.05, 0.1) is 6.10 Å². The maximum absolute atomic E-state index is 10.6. The minimum absolute atomic E-state index is 0.276. The van der Waals surface area contributed by atoms with Gasteiger partial charge in [0.15, 0.2) is 0 Å². The minimum Gasteiger partial charge on any atom is -0.388 e. The van der Waals surface area contributed by atoms with Crippen LogP contribution < -0.4 is 0 Å². The molecule has 1 N–H and O–H groups in total. The van der Waals surface area contributed by atoms with E-state index in [0.717, 1.165) is 12.0 Å². The van der Waals surface area contributed by atoms with Crippen molar-refractivity contribution in [2.45, 2.75) is 73.8 Å². The highest BCUT2D eigenvalue weighted by Crippen LogP contribution is 2.29. The average Bonchev–Trinajstić information content (AvgIpc) is 2.54. The van der Waals surface area contributed by atoms with Crippen molar-refractivity contribution < 1.29 is 5.11 Å². The van der Waals surface area contributed by atoms with E-state index in [1.807, 2.05) is 31.2 Å². The lowest BCUT2D eigenvalue weighted by Gasteiger charge is -2.30. The Labute approximate surface area is 150 Å². The van der Waals surface area contributed by atoms with Crippen molar-refractivity contribution in [1.82, 2.24) is 0 Å². The smallest absolute Gasteiger partial charge is 0.0778 e. The van der Waals surface area contributed by atoms with Crippen LogP contribution in [0.25, 0.3) is 0 Å². The zero-order chi connectivity index (χ0) is 18.5. The summed E-state index contributed by atoms with van der Waals surface area (Å²) in [6.45, 7) is 15.2. The summed E-state index contributed by atoms with van der Waals surface area (Å²) in [5.41, 5.74) is 1.03. The molecule has 0 amide bonds. The SMILES string of the molecule is CCCC(C)C(C)C(C)C(O)/C(C)=C/C=C/C=C\CC#CC(C)C. The Kier molecular flexibility index (Phi) is 12.4. The van der Waals surface area contributed by atoms with Gasteiger partial charge in [-0.15, -0.1) is 5.92 Å². The summed E-state index contributed by atoms with van der Waals surface area (Å²) in [6, 6.07) is 0. The predicted molar refractivity (Wildman–Crippen MR) is 108 cm³/mol. The van der Waals surface area contributed by atoms with E-state index in [-0.39, 0.29) is 12.0 Å². The lowest BCUT2D eigenvalue weighted by molar-refractivity contribution is 0.0956. The van der Waals surface area contributed by atoms with Gasteiger partial charge in [-0.25, -0.2) is 0 Å². The van der Waals surface area contributed by atoms with Gasteiger partial charge in [0.2, 0.25) is 0 Å². The Bertz CT molecular complexity index is 470. The molecule has 4 atom stereocenters. The average molecular weight is 331 g/mol. The first-order valence-corrected chi connectivity index (χ1v) is 9.47. The van der Waals surface area contributed by atoms with Crippen LogP contribution in [-0.2, 0) is 0 Å². The number of hydrogen-bond acceptors (Lipinski definition) is 1. The van der Waals surface area contributed by atoms with Crippen LogP contribution in [-0.4, -0.2) is 11.2 Å². The predicted octanol–water partition coefficient (Wildman–Crippen LogP) is 6.16. The number of aliphatic hydroxyl groups excluding tert-OH is 1. The van der Waals surface area contributed by atoms with E-state index in [1.165, 1.54) is 12.8 Å². The summed E-state index contributed by atoms with van der Waals surface area (Å²) in [5, 5.41) is 10.6. The third-order valence-electron chi connectivity index (χ3n) is 4.76. The molecule has 1 nitrogen and oxygen atoms in total. The van der Waals surface area contributed by atoms with Crippen LogP contribution in [0.5, 0.6) is 0 Å². The molecule has 0 aromatic heterocycles. The second kappa shape index (κ2) is 13.1. The van der Waals surface area contributed by atoms with Gasteiger partial charge >= 0.3 is 0 Å². The molecular weight excluding hydrogens is 292 g/mol. The van der Waals surface area contributed by atoms with Crippen LogP contribution in [0.2, 0.25) is 0 Å². The molecule has 0 heterocycles. The fourth-order valence-corrected chi connectivity index (χ4v) is 2.78. The zero-order valence-corrected chi connectivity index (χ0v) is 16.8. The molecule has 0 saturated heterocycles. The number of hydrogen-bond donors (Lipinski definition) is 1. The van der Waals surface area contributed by atoms with Crippen LogP contribution in [0.1, 0.15) is 67.7 Å². The van der Waals surface area contributed by atoms with Gasteiger partial charge in [-0.1, -0.05) is 90.7 Å². The van der Waals surface area contributed by atoms with Crippen LogP contribution in [0, 0.1) is 35.5 Å². The number of rotatable bonds is 9. The molecule has 0 aromatic rings. The standard InChI is InChI=1S/C23H38O/c1-8-15-19(4)21(6)22(7)23(24)20(5)17-14-12-10-9-11-13-16-18(2)3/h9-10,12,14,17-19,21-24H,8,11,15H2,1-7H3/b10-9-,14-12+,20-17+. The Morgan fingerprint density at radius 3 is 2.25 bits per heavy atom. The number of aliphatic hydroxyl groups is 1. The minimum atomic E-state index is -0.371. The van der Waals surface area contributed by atoms with Crippen LogP contribution in [0.4, 0.5) is 0 Å². The van der Waals surface area contributed by atoms with Crippen LogP contribution in [0.3, 0.4) is 0 Å². The fourth-order valence-electron chi connectivity index (χ4n) is 2.78. The molecule has 136 valence electrons.